The molecule has 0 fully saturated rings. The molecule has 2 N–H and O–H groups in total. The van der Waals surface area contributed by atoms with Gasteiger partial charge in [0.25, 0.3) is 0 Å². The van der Waals surface area contributed by atoms with Crippen molar-refractivity contribution in [1.82, 2.24) is 0 Å². The standard InChI is InChI=1S/C15H13F2NO3/c1-21-11-4-2-3-9(5-11)8-18-14-12(16)6-10(15(19)20)7-13(14)17/h2-7,18H,8H2,1H3,(H,19,20). The Labute approximate surface area is 120 Å². The molecule has 6 heteroatoms. The number of hydrogen-bond acceptors (Lipinski definition) is 3. The van der Waals surface area contributed by atoms with Gasteiger partial charge in [-0.05, 0) is 29.8 Å². The van der Waals surface area contributed by atoms with E-state index in [2.05, 4.69) is 5.32 Å². The highest BCUT2D eigenvalue weighted by Crippen LogP contribution is 2.22. The van der Waals surface area contributed by atoms with Gasteiger partial charge in [-0.25, -0.2) is 13.6 Å². The van der Waals surface area contributed by atoms with Crippen molar-refractivity contribution in [3.8, 4) is 5.75 Å². The maximum atomic E-state index is 13.7. The van der Waals surface area contributed by atoms with Crippen molar-refractivity contribution in [2.24, 2.45) is 0 Å². The highest BCUT2D eigenvalue weighted by Gasteiger charge is 2.14. The van der Waals surface area contributed by atoms with Gasteiger partial charge in [-0.1, -0.05) is 12.1 Å². The van der Waals surface area contributed by atoms with E-state index in [4.69, 9.17) is 9.84 Å². The van der Waals surface area contributed by atoms with Crippen molar-refractivity contribution in [1.29, 1.82) is 0 Å². The molecule has 0 spiro atoms. The molecule has 0 radical (unpaired) electrons. The maximum Gasteiger partial charge on any atom is 0.335 e. The highest BCUT2D eigenvalue weighted by atomic mass is 19.1. The van der Waals surface area contributed by atoms with Gasteiger partial charge in [-0.2, -0.15) is 0 Å². The molecule has 0 saturated carbocycles. The van der Waals surface area contributed by atoms with Gasteiger partial charge in [0.05, 0.1) is 12.7 Å². The molecule has 21 heavy (non-hydrogen) atoms. The van der Waals surface area contributed by atoms with E-state index in [0.717, 1.165) is 17.7 Å². The first-order valence-electron chi connectivity index (χ1n) is 6.10. The summed E-state index contributed by atoms with van der Waals surface area (Å²) in [5.74, 6) is -2.64. The van der Waals surface area contributed by atoms with Gasteiger partial charge < -0.3 is 15.2 Å². The van der Waals surface area contributed by atoms with Gasteiger partial charge in [0, 0.05) is 6.54 Å². The first-order valence-corrected chi connectivity index (χ1v) is 6.10. The molecular formula is C15H13F2NO3. The summed E-state index contributed by atoms with van der Waals surface area (Å²) in [6.45, 7) is 0.178. The molecule has 0 aliphatic heterocycles. The van der Waals surface area contributed by atoms with Gasteiger partial charge in [-0.3, -0.25) is 0 Å². The van der Waals surface area contributed by atoms with Gasteiger partial charge in [0.15, 0.2) is 0 Å². The number of carbonyl (C=O) groups is 1. The number of halogens is 2. The van der Waals surface area contributed by atoms with Crippen LogP contribution in [0.4, 0.5) is 14.5 Å². The van der Waals surface area contributed by atoms with Crippen LogP contribution in [-0.4, -0.2) is 18.2 Å². The van der Waals surface area contributed by atoms with Crippen LogP contribution in [0.5, 0.6) is 5.75 Å². The van der Waals surface area contributed by atoms with Crippen LogP contribution in [0.1, 0.15) is 15.9 Å². The monoisotopic (exact) mass is 293 g/mol. The highest BCUT2D eigenvalue weighted by molar-refractivity contribution is 5.88. The molecule has 0 aliphatic rings. The Bertz CT molecular complexity index is 651. The molecule has 0 bridgehead atoms. The van der Waals surface area contributed by atoms with Crippen LogP contribution in [0.2, 0.25) is 0 Å². The molecule has 0 saturated heterocycles. The third-order valence-electron chi connectivity index (χ3n) is 2.89. The molecule has 0 aromatic heterocycles. The number of hydrogen-bond donors (Lipinski definition) is 2. The summed E-state index contributed by atoms with van der Waals surface area (Å²) in [6.07, 6.45) is 0. The van der Waals surface area contributed by atoms with Gasteiger partial charge >= 0.3 is 5.97 Å². The molecule has 0 aliphatic carbocycles. The first kappa shape index (κ1) is 14.8. The molecule has 0 unspecified atom stereocenters. The molecule has 4 nitrogen and oxygen atoms in total. The minimum Gasteiger partial charge on any atom is -0.497 e. The van der Waals surface area contributed by atoms with Crippen molar-refractivity contribution >= 4 is 11.7 Å². The number of ether oxygens (including phenoxy) is 1. The summed E-state index contributed by atoms with van der Waals surface area (Å²) in [6, 6.07) is 8.58. The zero-order valence-electron chi connectivity index (χ0n) is 11.2. The Hall–Kier alpha value is -2.63. The molecule has 0 heterocycles. The number of rotatable bonds is 5. The lowest BCUT2D eigenvalue weighted by Crippen LogP contribution is -2.06. The number of carboxylic acid groups (broad SMARTS) is 1. The number of carboxylic acids is 1. The third kappa shape index (κ3) is 3.47. The summed E-state index contributed by atoms with van der Waals surface area (Å²) < 4.78 is 32.5. The Morgan fingerprint density at radius 3 is 2.48 bits per heavy atom. The first-order chi connectivity index (χ1) is 10.0. The predicted octanol–water partition coefficient (Wildman–Crippen LogP) is 3.28. The molecule has 2 rings (SSSR count). The fraction of sp³-hybridized carbons (Fsp3) is 0.133. The topological polar surface area (TPSA) is 58.6 Å². The summed E-state index contributed by atoms with van der Waals surface area (Å²) in [7, 11) is 1.52. The zero-order valence-corrected chi connectivity index (χ0v) is 11.2. The quantitative estimate of drug-likeness (QED) is 0.888. The second-order valence-electron chi connectivity index (χ2n) is 4.33. The second kappa shape index (κ2) is 6.21. The van der Waals surface area contributed by atoms with Crippen molar-refractivity contribution < 1.29 is 23.4 Å². The zero-order chi connectivity index (χ0) is 15.4. The number of anilines is 1. The minimum atomic E-state index is -1.38. The average molecular weight is 293 g/mol. The number of aromatic carboxylic acids is 1. The lowest BCUT2D eigenvalue weighted by atomic mass is 10.1. The lowest BCUT2D eigenvalue weighted by Gasteiger charge is -2.10. The van der Waals surface area contributed by atoms with E-state index in [9.17, 15) is 13.6 Å². The van der Waals surface area contributed by atoms with Crippen molar-refractivity contribution in [3.63, 3.8) is 0 Å². The summed E-state index contributed by atoms with van der Waals surface area (Å²) in [5.41, 5.74) is -0.0183. The Balaban J connectivity index is 2.18. The molecule has 2 aromatic carbocycles. The largest absolute Gasteiger partial charge is 0.497 e. The average Bonchev–Trinajstić information content (AvgIpc) is 2.46. The number of benzene rings is 2. The molecule has 0 amide bonds. The Morgan fingerprint density at radius 2 is 1.90 bits per heavy atom. The van der Waals surface area contributed by atoms with Gasteiger partial charge in [0.1, 0.15) is 23.1 Å². The van der Waals surface area contributed by atoms with E-state index < -0.39 is 23.2 Å². The summed E-state index contributed by atoms with van der Waals surface area (Å²) in [5, 5.41) is 11.3. The van der Waals surface area contributed by atoms with Crippen LogP contribution in [0.3, 0.4) is 0 Å². The number of methoxy groups -OCH3 is 1. The molecule has 0 atom stereocenters. The fourth-order valence-corrected chi connectivity index (χ4v) is 1.84. The second-order valence-corrected chi connectivity index (χ2v) is 4.33. The van der Waals surface area contributed by atoms with Crippen LogP contribution < -0.4 is 10.1 Å². The maximum absolute atomic E-state index is 13.7. The van der Waals surface area contributed by atoms with E-state index in [1.807, 2.05) is 0 Å². The predicted molar refractivity (Wildman–Crippen MR) is 73.6 cm³/mol. The van der Waals surface area contributed by atoms with Crippen LogP contribution in [0.15, 0.2) is 36.4 Å². The van der Waals surface area contributed by atoms with E-state index in [1.54, 1.807) is 24.3 Å². The number of nitrogens with one attached hydrogen (secondary N) is 1. The van der Waals surface area contributed by atoms with Crippen molar-refractivity contribution in [2.45, 2.75) is 6.54 Å². The smallest absolute Gasteiger partial charge is 0.335 e. The van der Waals surface area contributed by atoms with Crippen molar-refractivity contribution in [2.75, 3.05) is 12.4 Å². The van der Waals surface area contributed by atoms with Crippen LogP contribution in [0.25, 0.3) is 0 Å². The Kier molecular flexibility index (Phi) is 4.37. The lowest BCUT2D eigenvalue weighted by molar-refractivity contribution is 0.0696. The van der Waals surface area contributed by atoms with Crippen LogP contribution in [-0.2, 0) is 6.54 Å². The van der Waals surface area contributed by atoms with E-state index in [0.29, 0.717) is 5.75 Å². The minimum absolute atomic E-state index is 0.178. The molecular weight excluding hydrogens is 280 g/mol. The fourth-order valence-electron chi connectivity index (χ4n) is 1.84. The Morgan fingerprint density at radius 1 is 1.24 bits per heavy atom. The summed E-state index contributed by atoms with van der Waals surface area (Å²) >= 11 is 0. The summed E-state index contributed by atoms with van der Waals surface area (Å²) in [4.78, 5) is 10.7. The third-order valence-corrected chi connectivity index (χ3v) is 2.89. The van der Waals surface area contributed by atoms with E-state index in [-0.39, 0.29) is 12.2 Å². The van der Waals surface area contributed by atoms with Gasteiger partial charge in [-0.15, -0.1) is 0 Å². The SMILES string of the molecule is COc1cccc(CNc2c(F)cc(C(=O)O)cc2F)c1. The molecule has 2 aromatic rings. The molecule has 110 valence electrons. The van der Waals surface area contributed by atoms with E-state index in [1.165, 1.54) is 7.11 Å². The van der Waals surface area contributed by atoms with Crippen LogP contribution >= 0.6 is 0 Å². The van der Waals surface area contributed by atoms with E-state index >= 15 is 0 Å². The van der Waals surface area contributed by atoms with Crippen LogP contribution in [0, 0.1) is 11.6 Å². The van der Waals surface area contributed by atoms with Crippen molar-refractivity contribution in [3.05, 3.63) is 59.2 Å². The van der Waals surface area contributed by atoms with Gasteiger partial charge in [0.2, 0.25) is 0 Å². The normalized spacial score (nSPS) is 10.2.